The van der Waals surface area contributed by atoms with E-state index < -0.39 is 0 Å². The van der Waals surface area contributed by atoms with Crippen LogP contribution in [0, 0.1) is 17.3 Å². The van der Waals surface area contributed by atoms with E-state index in [9.17, 15) is 9.59 Å². The van der Waals surface area contributed by atoms with Gasteiger partial charge in [-0.05, 0) is 44.1 Å². The van der Waals surface area contributed by atoms with Crippen LogP contribution in [0.5, 0.6) is 0 Å². The van der Waals surface area contributed by atoms with Crippen LogP contribution in [-0.2, 0) is 9.59 Å². The van der Waals surface area contributed by atoms with Gasteiger partial charge < -0.3 is 10.2 Å². The van der Waals surface area contributed by atoms with Crippen LogP contribution in [0.4, 0.5) is 0 Å². The fraction of sp³-hybridized carbons (Fsp3) is 0.889. The number of likely N-dealkylation sites (tertiary alicyclic amines) is 1. The number of piperidine rings is 1. The SMILES string of the molecule is CN(CC(=O)N1CCCC(C(=O)NCC2CC2)C1)CC(C)(C)C. The molecule has 0 bridgehead atoms. The van der Waals surface area contributed by atoms with Crippen LogP contribution in [0.15, 0.2) is 0 Å². The summed E-state index contributed by atoms with van der Waals surface area (Å²) in [4.78, 5) is 28.7. The minimum atomic E-state index is -0.0284. The standard InChI is InChI=1S/C18H33N3O2/c1-18(2,3)13-20(4)12-16(22)21-9-5-6-15(11-21)17(23)19-10-14-7-8-14/h14-15H,5-13H2,1-4H3,(H,19,23). The highest BCUT2D eigenvalue weighted by Crippen LogP contribution is 2.28. The number of nitrogens with zero attached hydrogens (tertiary/aromatic N) is 2. The number of hydrogen-bond acceptors (Lipinski definition) is 3. The smallest absolute Gasteiger partial charge is 0.236 e. The van der Waals surface area contributed by atoms with Gasteiger partial charge in [-0.3, -0.25) is 14.5 Å². The van der Waals surface area contributed by atoms with Gasteiger partial charge in [-0.1, -0.05) is 20.8 Å². The molecule has 2 amide bonds. The second-order valence-electron chi connectivity index (χ2n) is 8.60. The lowest BCUT2D eigenvalue weighted by molar-refractivity contribution is -0.136. The maximum Gasteiger partial charge on any atom is 0.236 e. The van der Waals surface area contributed by atoms with Crippen molar-refractivity contribution in [3.05, 3.63) is 0 Å². The Hall–Kier alpha value is -1.10. The van der Waals surface area contributed by atoms with E-state index in [0.29, 0.717) is 19.0 Å². The number of rotatable bonds is 6. The Morgan fingerprint density at radius 3 is 2.52 bits per heavy atom. The highest BCUT2D eigenvalue weighted by atomic mass is 16.2. The Morgan fingerprint density at radius 1 is 1.22 bits per heavy atom. The molecule has 5 heteroatoms. The summed E-state index contributed by atoms with van der Waals surface area (Å²) in [5.74, 6) is 0.958. The molecule has 1 aliphatic carbocycles. The number of nitrogens with one attached hydrogen (secondary N) is 1. The first-order valence-electron chi connectivity index (χ1n) is 8.98. The zero-order chi connectivity index (χ0) is 17.0. The molecule has 0 aromatic heterocycles. The van der Waals surface area contributed by atoms with Crippen molar-refractivity contribution in [3.8, 4) is 0 Å². The number of hydrogen-bond donors (Lipinski definition) is 1. The average molecular weight is 323 g/mol. The first-order chi connectivity index (χ1) is 10.7. The molecule has 0 aromatic rings. The van der Waals surface area contributed by atoms with Crippen LogP contribution in [0.1, 0.15) is 46.5 Å². The molecule has 0 aromatic carbocycles. The van der Waals surface area contributed by atoms with Gasteiger partial charge in [0.2, 0.25) is 11.8 Å². The van der Waals surface area contributed by atoms with Gasteiger partial charge in [-0.15, -0.1) is 0 Å². The molecule has 1 atom stereocenters. The van der Waals surface area contributed by atoms with Gasteiger partial charge in [-0.2, -0.15) is 0 Å². The summed E-state index contributed by atoms with van der Waals surface area (Å²) < 4.78 is 0. The van der Waals surface area contributed by atoms with Crippen LogP contribution in [0.25, 0.3) is 0 Å². The van der Waals surface area contributed by atoms with E-state index in [4.69, 9.17) is 0 Å². The molecule has 1 heterocycles. The Morgan fingerprint density at radius 2 is 1.91 bits per heavy atom. The number of amides is 2. The summed E-state index contributed by atoms with van der Waals surface area (Å²) in [6.45, 7) is 10.0. The van der Waals surface area contributed by atoms with E-state index in [0.717, 1.165) is 32.5 Å². The molecular weight excluding hydrogens is 290 g/mol. The van der Waals surface area contributed by atoms with Gasteiger partial charge in [0, 0.05) is 26.2 Å². The number of likely N-dealkylation sites (N-methyl/N-ethyl adjacent to an activating group) is 1. The molecule has 1 N–H and O–H groups in total. The first-order valence-corrected chi connectivity index (χ1v) is 8.98. The molecule has 132 valence electrons. The van der Waals surface area contributed by atoms with Gasteiger partial charge in [0.25, 0.3) is 0 Å². The first kappa shape index (κ1) is 18.2. The lowest BCUT2D eigenvalue weighted by Crippen LogP contribution is -2.48. The normalized spacial score (nSPS) is 22.3. The summed E-state index contributed by atoms with van der Waals surface area (Å²) in [7, 11) is 1.99. The predicted octanol–water partition coefficient (Wildman–Crippen LogP) is 1.73. The van der Waals surface area contributed by atoms with Crippen molar-refractivity contribution in [1.29, 1.82) is 0 Å². The molecule has 0 radical (unpaired) electrons. The lowest BCUT2D eigenvalue weighted by atomic mass is 9.96. The summed E-state index contributed by atoms with van der Waals surface area (Å²) in [6.07, 6.45) is 4.32. The molecule has 1 saturated heterocycles. The maximum atomic E-state index is 12.5. The summed E-state index contributed by atoms with van der Waals surface area (Å²) in [6, 6.07) is 0. The van der Waals surface area contributed by atoms with Crippen LogP contribution < -0.4 is 5.32 Å². The molecule has 5 nitrogen and oxygen atoms in total. The van der Waals surface area contributed by atoms with Crippen molar-refractivity contribution in [2.24, 2.45) is 17.3 Å². The third kappa shape index (κ3) is 6.50. The second kappa shape index (κ2) is 7.65. The fourth-order valence-corrected chi connectivity index (χ4v) is 3.33. The topological polar surface area (TPSA) is 52.7 Å². The maximum absolute atomic E-state index is 12.5. The van der Waals surface area contributed by atoms with Gasteiger partial charge in [-0.25, -0.2) is 0 Å². The van der Waals surface area contributed by atoms with Crippen molar-refractivity contribution in [3.63, 3.8) is 0 Å². The van der Waals surface area contributed by atoms with Crippen molar-refractivity contribution < 1.29 is 9.59 Å². The summed E-state index contributed by atoms with van der Waals surface area (Å²) >= 11 is 0. The van der Waals surface area contributed by atoms with E-state index in [1.807, 2.05) is 11.9 Å². The van der Waals surface area contributed by atoms with Crippen molar-refractivity contribution in [1.82, 2.24) is 15.1 Å². The highest BCUT2D eigenvalue weighted by Gasteiger charge is 2.30. The zero-order valence-corrected chi connectivity index (χ0v) is 15.2. The lowest BCUT2D eigenvalue weighted by Gasteiger charge is -2.34. The highest BCUT2D eigenvalue weighted by molar-refractivity contribution is 5.82. The molecule has 1 saturated carbocycles. The van der Waals surface area contributed by atoms with Crippen molar-refractivity contribution >= 4 is 11.8 Å². The number of carbonyl (C=O) groups excluding carboxylic acids is 2. The molecular formula is C18H33N3O2. The summed E-state index contributed by atoms with van der Waals surface area (Å²) in [5, 5.41) is 3.06. The monoisotopic (exact) mass is 323 g/mol. The van der Waals surface area contributed by atoms with Crippen LogP contribution in [-0.4, -0.2) is 61.4 Å². The Labute approximate surface area is 140 Å². The number of carbonyl (C=O) groups is 2. The second-order valence-corrected chi connectivity index (χ2v) is 8.60. The van der Waals surface area contributed by atoms with Gasteiger partial charge in [0.1, 0.15) is 0 Å². The molecule has 1 unspecified atom stereocenters. The van der Waals surface area contributed by atoms with Crippen molar-refractivity contribution in [2.45, 2.75) is 46.5 Å². The fourth-order valence-electron chi connectivity index (χ4n) is 3.33. The average Bonchev–Trinajstić information content (AvgIpc) is 3.27. The molecule has 23 heavy (non-hydrogen) atoms. The van der Waals surface area contributed by atoms with Gasteiger partial charge >= 0.3 is 0 Å². The van der Waals surface area contributed by atoms with E-state index in [2.05, 4.69) is 31.0 Å². The van der Waals surface area contributed by atoms with Gasteiger partial charge in [0.15, 0.2) is 0 Å². The molecule has 0 spiro atoms. The Kier molecular flexibility index (Phi) is 6.06. The van der Waals surface area contributed by atoms with Crippen molar-refractivity contribution in [2.75, 3.05) is 39.8 Å². The van der Waals surface area contributed by atoms with Crippen LogP contribution in [0.3, 0.4) is 0 Å². The minimum absolute atomic E-state index is 0.0284. The zero-order valence-electron chi connectivity index (χ0n) is 15.2. The third-order valence-electron chi connectivity index (χ3n) is 4.56. The minimum Gasteiger partial charge on any atom is -0.356 e. The summed E-state index contributed by atoms with van der Waals surface area (Å²) in [5.41, 5.74) is 0.183. The van der Waals surface area contributed by atoms with Crippen LogP contribution >= 0.6 is 0 Å². The largest absolute Gasteiger partial charge is 0.356 e. The van der Waals surface area contributed by atoms with Gasteiger partial charge in [0.05, 0.1) is 12.5 Å². The van der Waals surface area contributed by atoms with E-state index in [1.165, 1.54) is 12.8 Å². The van der Waals surface area contributed by atoms with E-state index >= 15 is 0 Å². The van der Waals surface area contributed by atoms with E-state index in [1.54, 1.807) is 0 Å². The molecule has 2 rings (SSSR count). The Balaban J connectivity index is 1.77. The molecule has 2 fully saturated rings. The predicted molar refractivity (Wildman–Crippen MR) is 92.0 cm³/mol. The quantitative estimate of drug-likeness (QED) is 0.810. The molecule has 1 aliphatic heterocycles. The molecule has 2 aliphatic rings. The van der Waals surface area contributed by atoms with Crippen LogP contribution in [0.2, 0.25) is 0 Å². The third-order valence-corrected chi connectivity index (χ3v) is 4.56. The van der Waals surface area contributed by atoms with E-state index in [-0.39, 0.29) is 23.1 Å². The Bertz CT molecular complexity index is 426.